The summed E-state index contributed by atoms with van der Waals surface area (Å²) in [5, 5.41) is 0.400. The fourth-order valence-electron chi connectivity index (χ4n) is 5.46. The molecule has 35 heavy (non-hydrogen) atoms. The summed E-state index contributed by atoms with van der Waals surface area (Å²) < 4.78 is 5.09. The van der Waals surface area contributed by atoms with Gasteiger partial charge in [0.05, 0.1) is 5.41 Å². The van der Waals surface area contributed by atoms with Crippen LogP contribution in [0.5, 0.6) is 0 Å². The maximum Gasteiger partial charge on any atom is 0.240 e. The van der Waals surface area contributed by atoms with E-state index in [1.165, 1.54) is 16.0 Å². The Morgan fingerprint density at radius 1 is 1.17 bits per heavy atom. The predicted octanol–water partition coefficient (Wildman–Crippen LogP) is 4.48. The van der Waals surface area contributed by atoms with Crippen molar-refractivity contribution in [2.45, 2.75) is 50.4 Å². The normalized spacial score (nSPS) is 22.7. The first-order valence-electron chi connectivity index (χ1n) is 12.3. The lowest BCUT2D eigenvalue weighted by atomic mass is 9.75. The van der Waals surface area contributed by atoms with Crippen LogP contribution in [0.15, 0.2) is 48.5 Å². The van der Waals surface area contributed by atoms with Gasteiger partial charge in [0.15, 0.2) is 0 Å². The van der Waals surface area contributed by atoms with Crippen molar-refractivity contribution >= 4 is 29.3 Å². The Balaban J connectivity index is 1.59. The van der Waals surface area contributed by atoms with Crippen LogP contribution in [-0.2, 0) is 24.5 Å². The Labute approximate surface area is 212 Å². The van der Waals surface area contributed by atoms with E-state index in [2.05, 4.69) is 31.2 Å². The highest BCUT2D eigenvalue weighted by Crippen LogP contribution is 2.43. The number of hydrogen-bond acceptors (Lipinski definition) is 4. The summed E-state index contributed by atoms with van der Waals surface area (Å²) in [7, 11) is 1.59. The van der Waals surface area contributed by atoms with Crippen LogP contribution >= 0.6 is 11.6 Å². The van der Waals surface area contributed by atoms with Gasteiger partial charge in [0, 0.05) is 57.1 Å². The highest BCUT2D eigenvalue weighted by atomic mass is 35.5. The summed E-state index contributed by atoms with van der Waals surface area (Å²) in [6.45, 7) is 4.05. The molecule has 2 fully saturated rings. The second kappa shape index (κ2) is 10.9. The molecule has 0 spiro atoms. The third-order valence-corrected chi connectivity index (χ3v) is 7.60. The molecule has 186 valence electrons. The highest BCUT2D eigenvalue weighted by molar-refractivity contribution is 6.32. The quantitative estimate of drug-likeness (QED) is 0.399. The van der Waals surface area contributed by atoms with Crippen LogP contribution in [0.3, 0.4) is 0 Å². The summed E-state index contributed by atoms with van der Waals surface area (Å²) in [5.74, 6) is -0.458. The molecule has 0 aliphatic carbocycles. The maximum atomic E-state index is 13.8. The van der Waals surface area contributed by atoms with Gasteiger partial charge in [-0.3, -0.25) is 19.3 Å². The maximum absolute atomic E-state index is 13.8. The molecule has 2 saturated heterocycles. The molecule has 3 amide bonds. The third-order valence-electron chi connectivity index (χ3n) is 7.27. The molecule has 2 atom stereocenters. The van der Waals surface area contributed by atoms with E-state index < -0.39 is 5.41 Å². The number of ether oxygens (including phenoxy) is 1. The molecule has 2 aliphatic rings. The number of amides is 3. The van der Waals surface area contributed by atoms with E-state index in [1.54, 1.807) is 31.4 Å². The van der Waals surface area contributed by atoms with Gasteiger partial charge in [-0.25, -0.2) is 0 Å². The number of likely N-dealkylation sites (tertiary alicyclic amines) is 2. The molecular weight excluding hydrogens is 464 g/mol. The number of methoxy groups -OCH3 is 1. The van der Waals surface area contributed by atoms with Gasteiger partial charge in [0.1, 0.15) is 0 Å². The van der Waals surface area contributed by atoms with Crippen molar-refractivity contribution in [2.75, 3.05) is 33.4 Å². The number of nitrogens with zero attached hydrogens (tertiary/aromatic N) is 2. The van der Waals surface area contributed by atoms with Crippen LogP contribution in [0.25, 0.3) is 0 Å². The van der Waals surface area contributed by atoms with Crippen molar-refractivity contribution in [1.29, 1.82) is 0 Å². The van der Waals surface area contributed by atoms with Gasteiger partial charge >= 0.3 is 0 Å². The highest BCUT2D eigenvalue weighted by Gasteiger charge is 2.54. The second-order valence-corrected chi connectivity index (χ2v) is 10.1. The summed E-state index contributed by atoms with van der Waals surface area (Å²) in [4.78, 5) is 43.6. The van der Waals surface area contributed by atoms with Crippen LogP contribution in [-0.4, -0.2) is 60.9 Å². The van der Waals surface area contributed by atoms with Crippen molar-refractivity contribution in [3.63, 3.8) is 0 Å². The van der Waals surface area contributed by atoms with Crippen LogP contribution in [0, 0.1) is 6.92 Å². The largest absolute Gasteiger partial charge is 0.385 e. The molecule has 2 aliphatic heterocycles. The minimum absolute atomic E-state index is 0.0521. The predicted molar refractivity (Wildman–Crippen MR) is 135 cm³/mol. The van der Waals surface area contributed by atoms with Crippen molar-refractivity contribution in [1.82, 2.24) is 9.80 Å². The number of rotatable bonds is 8. The number of carbonyl (C=O) groups is 3. The Bertz CT molecular complexity index is 1100. The van der Waals surface area contributed by atoms with Gasteiger partial charge in [-0.1, -0.05) is 59.6 Å². The number of carbonyl (C=O) groups excluding carboxylic acids is 3. The number of piperidine rings is 1. The fraction of sp³-hybridized carbons (Fsp3) is 0.464. The zero-order chi connectivity index (χ0) is 25.0. The fourth-order valence-corrected chi connectivity index (χ4v) is 5.77. The Morgan fingerprint density at radius 3 is 2.71 bits per heavy atom. The first-order chi connectivity index (χ1) is 16.9. The minimum Gasteiger partial charge on any atom is -0.385 e. The first-order valence-corrected chi connectivity index (χ1v) is 12.7. The standard InChI is InChI=1S/C28H33ClN2O4/c1-20-8-5-9-21(16-20)22-10-6-13-30(19-22)25(32)17-28(23-11-3-4-12-24(23)29)18-26(33)31(27(28)34)14-7-15-35-2/h3-5,8-9,11-12,16,22H,6-7,10,13-15,17-19H2,1-2H3. The van der Waals surface area contributed by atoms with Gasteiger partial charge in [-0.2, -0.15) is 0 Å². The zero-order valence-corrected chi connectivity index (χ0v) is 21.2. The molecule has 6 nitrogen and oxygen atoms in total. The summed E-state index contributed by atoms with van der Waals surface area (Å²) in [6, 6.07) is 15.5. The zero-order valence-electron chi connectivity index (χ0n) is 20.5. The van der Waals surface area contributed by atoms with Crippen LogP contribution in [0.4, 0.5) is 0 Å². The molecule has 4 rings (SSSR count). The van der Waals surface area contributed by atoms with E-state index in [0.717, 1.165) is 12.8 Å². The topological polar surface area (TPSA) is 66.9 Å². The minimum atomic E-state index is -1.28. The van der Waals surface area contributed by atoms with Crippen molar-refractivity contribution in [3.8, 4) is 0 Å². The van der Waals surface area contributed by atoms with E-state index >= 15 is 0 Å². The molecule has 0 bridgehead atoms. The van der Waals surface area contributed by atoms with E-state index in [0.29, 0.717) is 36.7 Å². The van der Waals surface area contributed by atoms with Crippen molar-refractivity contribution < 1.29 is 19.1 Å². The summed E-state index contributed by atoms with van der Waals surface area (Å²) in [6.07, 6.45) is 2.35. The van der Waals surface area contributed by atoms with E-state index in [-0.39, 0.29) is 43.0 Å². The second-order valence-electron chi connectivity index (χ2n) is 9.71. The number of hydrogen-bond donors (Lipinski definition) is 0. The van der Waals surface area contributed by atoms with Gasteiger partial charge in [0.25, 0.3) is 0 Å². The van der Waals surface area contributed by atoms with Crippen molar-refractivity contribution in [2.24, 2.45) is 0 Å². The number of imide groups is 1. The molecule has 7 heteroatoms. The lowest BCUT2D eigenvalue weighted by Crippen LogP contribution is -2.46. The lowest BCUT2D eigenvalue weighted by Gasteiger charge is -2.36. The summed E-state index contributed by atoms with van der Waals surface area (Å²) >= 11 is 6.54. The molecule has 2 unspecified atom stereocenters. The Kier molecular flexibility index (Phi) is 7.92. The molecule has 0 saturated carbocycles. The molecule has 0 N–H and O–H groups in total. The Morgan fingerprint density at radius 2 is 1.97 bits per heavy atom. The van der Waals surface area contributed by atoms with Crippen LogP contribution in [0.2, 0.25) is 5.02 Å². The van der Waals surface area contributed by atoms with Gasteiger partial charge < -0.3 is 9.64 Å². The average molecular weight is 497 g/mol. The number of benzene rings is 2. The SMILES string of the molecule is COCCCN1C(=O)CC(CC(=O)N2CCCC(c3cccc(C)c3)C2)(c2ccccc2Cl)C1=O. The van der Waals surface area contributed by atoms with Gasteiger partial charge in [-0.15, -0.1) is 0 Å². The van der Waals surface area contributed by atoms with E-state index in [1.807, 2.05) is 4.90 Å². The molecule has 0 radical (unpaired) electrons. The van der Waals surface area contributed by atoms with Crippen LogP contribution < -0.4 is 0 Å². The average Bonchev–Trinajstić information content (AvgIpc) is 3.09. The molecule has 2 aromatic rings. The summed E-state index contributed by atoms with van der Waals surface area (Å²) in [5.41, 5.74) is 1.71. The number of aryl methyl sites for hydroxylation is 1. The first kappa shape index (κ1) is 25.4. The van der Waals surface area contributed by atoms with Gasteiger partial charge in [0.2, 0.25) is 17.7 Å². The Hall–Kier alpha value is -2.70. The van der Waals surface area contributed by atoms with Crippen molar-refractivity contribution in [3.05, 3.63) is 70.2 Å². The monoisotopic (exact) mass is 496 g/mol. The molecule has 2 aromatic carbocycles. The molecule has 2 heterocycles. The van der Waals surface area contributed by atoms with E-state index in [4.69, 9.17) is 16.3 Å². The smallest absolute Gasteiger partial charge is 0.240 e. The van der Waals surface area contributed by atoms with Crippen LogP contribution in [0.1, 0.15) is 54.7 Å². The molecular formula is C28H33ClN2O4. The molecule has 0 aromatic heterocycles. The van der Waals surface area contributed by atoms with Gasteiger partial charge in [-0.05, 0) is 43.4 Å². The van der Waals surface area contributed by atoms with E-state index in [9.17, 15) is 14.4 Å². The number of halogens is 1. The third kappa shape index (κ3) is 5.29. The lowest BCUT2D eigenvalue weighted by molar-refractivity contribution is -0.143.